The molecule has 1 heterocycles. The number of hydrogen-bond acceptors (Lipinski definition) is 5. The number of benzene rings is 3. The first-order valence-corrected chi connectivity index (χ1v) is 9.38. The molecule has 1 fully saturated rings. The topological polar surface area (TPSA) is 79.4 Å². The molecule has 0 unspecified atom stereocenters. The normalized spacial score (nSPS) is 14.6. The summed E-state index contributed by atoms with van der Waals surface area (Å²) in [6, 6.07) is 21.0. The van der Waals surface area contributed by atoms with E-state index in [0.29, 0.717) is 43.1 Å². The van der Waals surface area contributed by atoms with E-state index in [-0.39, 0.29) is 10.6 Å². The molecular weight excluding hydrogens is 366 g/mol. The summed E-state index contributed by atoms with van der Waals surface area (Å²) in [5.74, 6) is 0. The maximum absolute atomic E-state index is 11.7. The average Bonchev–Trinajstić information content (AvgIpc) is 2.77. The second kappa shape index (κ2) is 8.13. The Hall–Kier alpha value is -3.69. The smallest absolute Gasteiger partial charge is 0.293 e. The lowest BCUT2D eigenvalue weighted by Crippen LogP contribution is -2.36. The van der Waals surface area contributed by atoms with Crippen LogP contribution in [0.1, 0.15) is 11.1 Å². The summed E-state index contributed by atoms with van der Waals surface area (Å²) in [4.78, 5) is 13.3. The summed E-state index contributed by atoms with van der Waals surface area (Å²) in [6.45, 7) is 2.35. The molecule has 0 atom stereocenters. The summed E-state index contributed by atoms with van der Waals surface area (Å²) in [5.41, 5.74) is 2.52. The molecule has 6 heteroatoms. The zero-order valence-electron chi connectivity index (χ0n) is 15.7. The van der Waals surface area contributed by atoms with Crippen molar-refractivity contribution in [2.24, 2.45) is 0 Å². The molecule has 1 aliphatic heterocycles. The molecule has 3 aromatic rings. The number of anilines is 1. The van der Waals surface area contributed by atoms with Gasteiger partial charge in [-0.2, -0.15) is 5.26 Å². The molecule has 1 aliphatic rings. The number of nitriles is 1. The van der Waals surface area contributed by atoms with Gasteiger partial charge in [-0.25, -0.2) is 0 Å². The Kier molecular flexibility index (Phi) is 5.23. The van der Waals surface area contributed by atoms with Crippen LogP contribution in [0.25, 0.3) is 22.4 Å². The van der Waals surface area contributed by atoms with Crippen LogP contribution in [0.3, 0.4) is 0 Å². The van der Waals surface area contributed by atoms with Crippen molar-refractivity contribution in [3.8, 4) is 6.07 Å². The zero-order chi connectivity index (χ0) is 20.2. The van der Waals surface area contributed by atoms with Crippen molar-refractivity contribution in [3.05, 3.63) is 81.9 Å². The van der Waals surface area contributed by atoms with Gasteiger partial charge in [0.25, 0.3) is 5.69 Å². The molecule has 0 spiro atoms. The monoisotopic (exact) mass is 385 g/mol. The van der Waals surface area contributed by atoms with Crippen LogP contribution in [-0.2, 0) is 4.74 Å². The molecule has 4 rings (SSSR count). The number of nitro benzene ring substituents is 1. The number of morpholine rings is 1. The zero-order valence-corrected chi connectivity index (χ0v) is 15.7. The van der Waals surface area contributed by atoms with Crippen LogP contribution in [0.2, 0.25) is 0 Å². The van der Waals surface area contributed by atoms with Crippen molar-refractivity contribution in [1.82, 2.24) is 0 Å². The van der Waals surface area contributed by atoms with Crippen LogP contribution >= 0.6 is 0 Å². The number of fused-ring (bicyclic) bond motifs is 1. The summed E-state index contributed by atoms with van der Waals surface area (Å²) >= 11 is 0. The van der Waals surface area contributed by atoms with Crippen molar-refractivity contribution in [3.63, 3.8) is 0 Å². The van der Waals surface area contributed by atoms with Gasteiger partial charge in [-0.15, -0.1) is 0 Å². The lowest BCUT2D eigenvalue weighted by atomic mass is 9.97. The van der Waals surface area contributed by atoms with E-state index in [2.05, 4.69) is 6.07 Å². The fourth-order valence-corrected chi connectivity index (χ4v) is 3.65. The maximum atomic E-state index is 11.7. The number of hydrogen-bond donors (Lipinski definition) is 0. The molecule has 0 aromatic heterocycles. The Morgan fingerprint density at radius 2 is 1.86 bits per heavy atom. The van der Waals surface area contributed by atoms with E-state index >= 15 is 0 Å². The molecule has 144 valence electrons. The molecular formula is C23H19N3O3. The van der Waals surface area contributed by atoms with Crippen LogP contribution in [-0.4, -0.2) is 31.2 Å². The van der Waals surface area contributed by atoms with Crippen LogP contribution < -0.4 is 4.90 Å². The van der Waals surface area contributed by atoms with E-state index in [1.165, 1.54) is 6.07 Å². The van der Waals surface area contributed by atoms with Gasteiger partial charge in [-0.1, -0.05) is 48.5 Å². The van der Waals surface area contributed by atoms with E-state index < -0.39 is 0 Å². The van der Waals surface area contributed by atoms with Crippen LogP contribution in [0, 0.1) is 21.4 Å². The van der Waals surface area contributed by atoms with E-state index in [0.717, 1.165) is 16.3 Å². The highest BCUT2D eigenvalue weighted by molar-refractivity contribution is 6.01. The van der Waals surface area contributed by atoms with Gasteiger partial charge in [0.2, 0.25) is 0 Å². The number of nitrogens with zero attached hydrogens (tertiary/aromatic N) is 3. The van der Waals surface area contributed by atoms with Crippen molar-refractivity contribution < 1.29 is 9.66 Å². The quantitative estimate of drug-likeness (QED) is 0.283. The third kappa shape index (κ3) is 3.82. The number of rotatable bonds is 4. The van der Waals surface area contributed by atoms with Crippen LogP contribution in [0.4, 0.5) is 11.4 Å². The summed E-state index contributed by atoms with van der Waals surface area (Å²) < 4.78 is 5.34. The van der Waals surface area contributed by atoms with Crippen LogP contribution in [0.5, 0.6) is 0 Å². The predicted octanol–water partition coefficient (Wildman–Crippen LogP) is 4.65. The Balaban J connectivity index is 1.77. The van der Waals surface area contributed by atoms with Gasteiger partial charge in [0.1, 0.15) is 5.69 Å². The molecule has 0 radical (unpaired) electrons. The third-order valence-corrected chi connectivity index (χ3v) is 5.06. The van der Waals surface area contributed by atoms with Gasteiger partial charge in [0.15, 0.2) is 0 Å². The Morgan fingerprint density at radius 1 is 1.10 bits per heavy atom. The van der Waals surface area contributed by atoms with Crippen molar-refractivity contribution >= 4 is 33.8 Å². The standard InChI is InChI=1S/C23H19N3O3/c24-16-19(21-7-3-5-18-4-1-2-6-20(18)21)14-17-8-9-22(23(15-17)26(27)28)25-10-12-29-13-11-25/h1-9,14-15H,10-13H2/b19-14+. The van der Waals surface area contributed by atoms with E-state index in [4.69, 9.17) is 4.74 Å². The van der Waals surface area contributed by atoms with Crippen molar-refractivity contribution in [1.29, 1.82) is 5.26 Å². The SMILES string of the molecule is N#C/C(=C\c1ccc(N2CCOCC2)c([N+](=O)[O-])c1)c1cccc2ccccc12. The summed E-state index contributed by atoms with van der Waals surface area (Å²) in [5, 5.41) is 23.5. The average molecular weight is 385 g/mol. The molecule has 0 bridgehead atoms. The van der Waals surface area contributed by atoms with E-state index in [1.807, 2.05) is 53.4 Å². The fourth-order valence-electron chi connectivity index (χ4n) is 3.65. The first-order chi connectivity index (χ1) is 14.2. The highest BCUT2D eigenvalue weighted by Crippen LogP contribution is 2.32. The van der Waals surface area contributed by atoms with Gasteiger partial charge >= 0.3 is 0 Å². The van der Waals surface area contributed by atoms with E-state index in [1.54, 1.807) is 12.1 Å². The van der Waals surface area contributed by atoms with E-state index in [9.17, 15) is 15.4 Å². The summed E-state index contributed by atoms with van der Waals surface area (Å²) in [7, 11) is 0. The molecule has 0 saturated carbocycles. The molecule has 1 saturated heterocycles. The Labute approximate surface area is 168 Å². The van der Waals surface area contributed by atoms with Gasteiger partial charge in [-0.3, -0.25) is 10.1 Å². The minimum atomic E-state index is -0.369. The van der Waals surface area contributed by atoms with Gasteiger partial charge in [-0.05, 0) is 28.5 Å². The molecule has 0 aliphatic carbocycles. The lowest BCUT2D eigenvalue weighted by molar-refractivity contribution is -0.384. The van der Waals surface area contributed by atoms with Crippen LogP contribution in [0.15, 0.2) is 60.7 Å². The lowest BCUT2D eigenvalue weighted by Gasteiger charge is -2.28. The predicted molar refractivity (Wildman–Crippen MR) is 114 cm³/mol. The number of ether oxygens (including phenoxy) is 1. The Morgan fingerprint density at radius 3 is 2.62 bits per heavy atom. The molecule has 3 aromatic carbocycles. The minimum Gasteiger partial charge on any atom is -0.378 e. The second-order valence-electron chi connectivity index (χ2n) is 6.80. The maximum Gasteiger partial charge on any atom is 0.293 e. The highest BCUT2D eigenvalue weighted by Gasteiger charge is 2.21. The Bertz CT molecular complexity index is 1140. The number of allylic oxidation sites excluding steroid dienone is 1. The van der Waals surface area contributed by atoms with Gasteiger partial charge in [0.05, 0.1) is 29.8 Å². The fraction of sp³-hybridized carbons (Fsp3) is 0.174. The van der Waals surface area contributed by atoms with Gasteiger partial charge in [0, 0.05) is 24.7 Å². The largest absolute Gasteiger partial charge is 0.378 e. The van der Waals surface area contributed by atoms with Crippen molar-refractivity contribution in [2.75, 3.05) is 31.2 Å². The summed E-state index contributed by atoms with van der Waals surface area (Å²) in [6.07, 6.45) is 1.71. The minimum absolute atomic E-state index is 0.0378. The third-order valence-electron chi connectivity index (χ3n) is 5.06. The highest BCUT2D eigenvalue weighted by atomic mass is 16.6. The molecule has 0 amide bonds. The molecule has 29 heavy (non-hydrogen) atoms. The molecule has 0 N–H and O–H groups in total. The first-order valence-electron chi connectivity index (χ1n) is 9.38. The molecule has 6 nitrogen and oxygen atoms in total. The number of nitro groups is 1. The van der Waals surface area contributed by atoms with Crippen molar-refractivity contribution in [2.45, 2.75) is 0 Å². The first kappa shape index (κ1) is 18.7. The van der Waals surface area contributed by atoms with Gasteiger partial charge < -0.3 is 9.64 Å². The second-order valence-corrected chi connectivity index (χ2v) is 6.80.